The molecule has 1 unspecified atom stereocenters. The van der Waals surface area contributed by atoms with Crippen molar-refractivity contribution in [2.45, 2.75) is 30.2 Å². The molecule has 3 fully saturated rings. The van der Waals surface area contributed by atoms with E-state index in [9.17, 15) is 13.2 Å². The summed E-state index contributed by atoms with van der Waals surface area (Å²) in [7, 11) is -3.57. The van der Waals surface area contributed by atoms with Crippen molar-refractivity contribution < 1.29 is 17.9 Å². The first-order chi connectivity index (χ1) is 14.0. The minimum absolute atomic E-state index is 0.104. The molecule has 9 heteroatoms. The van der Waals surface area contributed by atoms with E-state index in [-0.39, 0.29) is 10.8 Å². The lowest BCUT2D eigenvalue weighted by Gasteiger charge is -2.26. The lowest BCUT2D eigenvalue weighted by molar-refractivity contribution is -0.117. The van der Waals surface area contributed by atoms with Gasteiger partial charge in [0.25, 0.3) is 0 Å². The summed E-state index contributed by atoms with van der Waals surface area (Å²) in [5.41, 5.74) is 0.514. The molecule has 1 atom stereocenters. The fraction of sp³-hybridized carbons (Fsp3) is 0.650. The number of hydrogen-bond acceptors (Lipinski definition) is 6. The van der Waals surface area contributed by atoms with Gasteiger partial charge >= 0.3 is 0 Å². The van der Waals surface area contributed by atoms with Crippen LogP contribution in [0.4, 0.5) is 5.69 Å². The zero-order valence-electron chi connectivity index (χ0n) is 16.8. The third-order valence-electron chi connectivity index (χ3n) is 6.00. The van der Waals surface area contributed by atoms with Gasteiger partial charge in [-0.2, -0.15) is 4.31 Å². The number of nitrogens with zero attached hydrogens (tertiary/aromatic N) is 3. The predicted octanol–water partition coefficient (Wildman–Crippen LogP) is 0.816. The van der Waals surface area contributed by atoms with E-state index in [1.165, 1.54) is 30.2 Å². The normalized spacial score (nSPS) is 24.8. The highest BCUT2D eigenvalue weighted by molar-refractivity contribution is 7.89. The number of hydrogen-bond donors (Lipinski definition) is 1. The molecular formula is C20H30N4O4S. The van der Waals surface area contributed by atoms with E-state index in [0.717, 1.165) is 19.5 Å². The van der Waals surface area contributed by atoms with Crippen LogP contribution in [0.5, 0.6) is 0 Å². The van der Waals surface area contributed by atoms with Gasteiger partial charge < -0.3 is 10.1 Å². The molecule has 1 aromatic carbocycles. The molecule has 3 aliphatic heterocycles. The molecule has 160 valence electrons. The third kappa shape index (κ3) is 4.97. The zero-order valence-corrected chi connectivity index (χ0v) is 17.6. The highest BCUT2D eigenvalue weighted by Gasteiger charge is 2.30. The van der Waals surface area contributed by atoms with Crippen LogP contribution in [-0.4, -0.2) is 93.5 Å². The molecule has 1 N–H and O–H groups in total. The SMILES string of the molecule is O=C(CN1CCC(N2CCCC2)C1)Nc1cccc(S(=O)(=O)N2CCOCC2)c1. The first kappa shape index (κ1) is 20.7. The third-order valence-corrected chi connectivity index (χ3v) is 7.89. The van der Waals surface area contributed by atoms with Gasteiger partial charge in [-0.3, -0.25) is 14.6 Å². The molecule has 3 saturated heterocycles. The van der Waals surface area contributed by atoms with Gasteiger partial charge in [-0.15, -0.1) is 0 Å². The number of rotatable bonds is 6. The molecule has 8 nitrogen and oxygen atoms in total. The Balaban J connectivity index is 1.33. The fourth-order valence-corrected chi connectivity index (χ4v) is 5.89. The van der Waals surface area contributed by atoms with Crippen LogP contribution in [0.1, 0.15) is 19.3 Å². The van der Waals surface area contributed by atoms with Gasteiger partial charge in [-0.25, -0.2) is 8.42 Å². The maximum absolute atomic E-state index is 12.8. The maximum Gasteiger partial charge on any atom is 0.243 e. The van der Waals surface area contributed by atoms with Gasteiger partial charge in [-0.1, -0.05) is 6.07 Å². The number of carbonyl (C=O) groups excluding carboxylic acids is 1. The molecule has 0 bridgehead atoms. The Hall–Kier alpha value is -1.52. The predicted molar refractivity (Wildman–Crippen MR) is 110 cm³/mol. The molecule has 0 radical (unpaired) electrons. The molecule has 1 aromatic rings. The second-order valence-corrected chi connectivity index (χ2v) is 9.95. The molecule has 3 heterocycles. The molecule has 0 spiro atoms. The molecule has 29 heavy (non-hydrogen) atoms. The fourth-order valence-electron chi connectivity index (χ4n) is 4.43. The summed E-state index contributed by atoms with van der Waals surface area (Å²) in [6.07, 6.45) is 3.67. The Morgan fingerprint density at radius 3 is 2.62 bits per heavy atom. The van der Waals surface area contributed by atoms with Gasteiger partial charge in [0.1, 0.15) is 0 Å². The van der Waals surface area contributed by atoms with Crippen LogP contribution in [0.15, 0.2) is 29.2 Å². The number of amides is 1. The average Bonchev–Trinajstić information content (AvgIpc) is 3.40. The Labute approximate surface area is 172 Å². The van der Waals surface area contributed by atoms with Gasteiger partial charge in [-0.05, 0) is 50.6 Å². The van der Waals surface area contributed by atoms with Gasteiger partial charge in [0.2, 0.25) is 15.9 Å². The standard InChI is InChI=1S/C20H30N4O4S/c25-20(16-22-9-6-18(15-22)23-7-1-2-8-23)21-17-4-3-5-19(14-17)29(26,27)24-10-12-28-13-11-24/h3-5,14,18H,1-2,6-13,15-16H2,(H,21,25). The van der Waals surface area contributed by atoms with Crippen molar-refractivity contribution in [1.82, 2.24) is 14.1 Å². The van der Waals surface area contributed by atoms with Crippen molar-refractivity contribution in [3.63, 3.8) is 0 Å². The van der Waals surface area contributed by atoms with E-state index in [4.69, 9.17) is 4.74 Å². The number of anilines is 1. The first-order valence-corrected chi connectivity index (χ1v) is 11.9. The van der Waals surface area contributed by atoms with Crippen LogP contribution in [0.3, 0.4) is 0 Å². The maximum atomic E-state index is 12.8. The quantitative estimate of drug-likeness (QED) is 0.731. The van der Waals surface area contributed by atoms with Crippen LogP contribution in [0, 0.1) is 0 Å². The van der Waals surface area contributed by atoms with Crippen LogP contribution in [0.25, 0.3) is 0 Å². The Kier molecular flexibility index (Phi) is 6.50. The number of morpholine rings is 1. The Morgan fingerprint density at radius 2 is 1.86 bits per heavy atom. The minimum atomic E-state index is -3.57. The average molecular weight is 423 g/mol. The number of nitrogens with one attached hydrogen (secondary N) is 1. The Morgan fingerprint density at radius 1 is 1.10 bits per heavy atom. The summed E-state index contributed by atoms with van der Waals surface area (Å²) in [6.45, 7) is 6.07. The largest absolute Gasteiger partial charge is 0.379 e. The zero-order chi connectivity index (χ0) is 20.3. The topological polar surface area (TPSA) is 82.2 Å². The second-order valence-electron chi connectivity index (χ2n) is 8.01. The molecule has 1 amide bonds. The summed E-state index contributed by atoms with van der Waals surface area (Å²) in [4.78, 5) is 17.4. The van der Waals surface area contributed by atoms with Crippen molar-refractivity contribution in [1.29, 1.82) is 0 Å². The lowest BCUT2D eigenvalue weighted by atomic mass is 10.2. The van der Waals surface area contributed by atoms with E-state index < -0.39 is 10.0 Å². The summed E-state index contributed by atoms with van der Waals surface area (Å²) in [5.74, 6) is -0.104. The van der Waals surface area contributed by atoms with Crippen molar-refractivity contribution in [2.24, 2.45) is 0 Å². The summed E-state index contributed by atoms with van der Waals surface area (Å²) < 4.78 is 32.3. The van der Waals surface area contributed by atoms with Crippen LogP contribution in [0.2, 0.25) is 0 Å². The molecule has 0 aliphatic carbocycles. The van der Waals surface area contributed by atoms with Crippen molar-refractivity contribution >= 4 is 21.6 Å². The van der Waals surface area contributed by atoms with Crippen LogP contribution in [-0.2, 0) is 19.6 Å². The van der Waals surface area contributed by atoms with Gasteiger partial charge in [0.15, 0.2) is 0 Å². The van der Waals surface area contributed by atoms with Crippen molar-refractivity contribution in [2.75, 3.05) is 64.3 Å². The number of benzene rings is 1. The first-order valence-electron chi connectivity index (χ1n) is 10.5. The number of carbonyl (C=O) groups is 1. The lowest BCUT2D eigenvalue weighted by Crippen LogP contribution is -2.40. The number of likely N-dealkylation sites (tertiary alicyclic amines) is 2. The Bertz CT molecular complexity index is 820. The monoisotopic (exact) mass is 422 g/mol. The summed E-state index contributed by atoms with van der Waals surface area (Å²) >= 11 is 0. The molecule has 0 saturated carbocycles. The molecular weight excluding hydrogens is 392 g/mol. The van der Waals surface area contributed by atoms with Crippen molar-refractivity contribution in [3.8, 4) is 0 Å². The highest BCUT2D eigenvalue weighted by Crippen LogP contribution is 2.22. The molecule has 4 rings (SSSR count). The summed E-state index contributed by atoms with van der Waals surface area (Å²) in [5, 5.41) is 2.87. The van der Waals surface area contributed by atoms with E-state index in [1.807, 2.05) is 0 Å². The highest BCUT2D eigenvalue weighted by atomic mass is 32.2. The van der Waals surface area contributed by atoms with E-state index >= 15 is 0 Å². The van der Waals surface area contributed by atoms with Gasteiger partial charge in [0, 0.05) is 37.9 Å². The van der Waals surface area contributed by atoms with E-state index in [0.29, 0.717) is 44.6 Å². The molecule has 3 aliphatic rings. The van der Waals surface area contributed by atoms with E-state index in [2.05, 4.69) is 15.1 Å². The van der Waals surface area contributed by atoms with Gasteiger partial charge in [0.05, 0.1) is 24.7 Å². The summed E-state index contributed by atoms with van der Waals surface area (Å²) in [6, 6.07) is 7.07. The second kappa shape index (κ2) is 9.09. The van der Waals surface area contributed by atoms with Crippen LogP contribution < -0.4 is 5.32 Å². The van der Waals surface area contributed by atoms with Crippen molar-refractivity contribution in [3.05, 3.63) is 24.3 Å². The smallest absolute Gasteiger partial charge is 0.243 e. The number of sulfonamides is 1. The number of ether oxygens (including phenoxy) is 1. The van der Waals surface area contributed by atoms with Crippen LogP contribution >= 0.6 is 0 Å². The molecule has 0 aromatic heterocycles. The van der Waals surface area contributed by atoms with E-state index in [1.54, 1.807) is 24.3 Å². The minimum Gasteiger partial charge on any atom is -0.379 e.